The molecule has 0 aliphatic heterocycles. The van der Waals surface area contributed by atoms with E-state index < -0.39 is 11.6 Å². The van der Waals surface area contributed by atoms with Gasteiger partial charge in [0.05, 0.1) is 12.8 Å². The van der Waals surface area contributed by atoms with Crippen LogP contribution in [0.15, 0.2) is 40.3 Å². The lowest BCUT2D eigenvalue weighted by molar-refractivity contribution is 0.397. The number of nitrogen functional groups attached to an aromatic ring is 1. The predicted octanol–water partition coefficient (Wildman–Crippen LogP) is 3.10. The fourth-order valence-electron chi connectivity index (χ4n) is 1.33. The number of benzene rings is 1. The Bertz CT molecular complexity index is 578. The molecule has 2 N–H and O–H groups in total. The molecule has 1 aromatic heterocycles. The molecule has 0 saturated heterocycles. The number of methoxy groups -OCH3 is 1. The second-order valence-electron chi connectivity index (χ2n) is 3.42. The maximum absolute atomic E-state index is 13.5. The van der Waals surface area contributed by atoms with E-state index in [0.29, 0.717) is 10.7 Å². The topological polar surface area (TPSA) is 48.1 Å². The van der Waals surface area contributed by atoms with Crippen molar-refractivity contribution in [1.29, 1.82) is 0 Å². The molecule has 2 rings (SSSR count). The van der Waals surface area contributed by atoms with Gasteiger partial charge >= 0.3 is 0 Å². The summed E-state index contributed by atoms with van der Waals surface area (Å²) in [6.07, 6.45) is 0. The molecule has 1 heterocycles. The van der Waals surface area contributed by atoms with Crippen LogP contribution in [-0.4, -0.2) is 12.1 Å². The van der Waals surface area contributed by atoms with Crippen molar-refractivity contribution in [2.75, 3.05) is 12.8 Å². The van der Waals surface area contributed by atoms with Crippen molar-refractivity contribution in [1.82, 2.24) is 4.98 Å². The normalized spacial score (nSPS) is 10.4. The standard InChI is InChI=1S/C12H10F2N2OS/c1-17-12-9(15)3-5-11(16-12)18-10-4-2-7(13)6-8(10)14/h2-6H,15H2,1H3. The molecule has 0 saturated carbocycles. The molecular formula is C12H10F2N2OS. The van der Waals surface area contributed by atoms with Gasteiger partial charge in [-0.1, -0.05) is 11.8 Å². The molecule has 0 amide bonds. The lowest BCUT2D eigenvalue weighted by Crippen LogP contribution is -1.96. The number of hydrogen-bond donors (Lipinski definition) is 1. The molecule has 0 atom stereocenters. The van der Waals surface area contributed by atoms with Crippen molar-refractivity contribution >= 4 is 17.4 Å². The van der Waals surface area contributed by atoms with Crippen LogP contribution >= 0.6 is 11.8 Å². The summed E-state index contributed by atoms with van der Waals surface area (Å²) in [5.41, 5.74) is 6.03. The number of rotatable bonds is 3. The lowest BCUT2D eigenvalue weighted by atomic mass is 10.3. The first kappa shape index (κ1) is 12.6. The molecule has 0 radical (unpaired) electrons. The predicted molar refractivity (Wildman–Crippen MR) is 65.7 cm³/mol. The molecule has 94 valence electrons. The van der Waals surface area contributed by atoms with Crippen LogP contribution in [0.4, 0.5) is 14.5 Å². The molecule has 0 spiro atoms. The van der Waals surface area contributed by atoms with Crippen LogP contribution in [0.5, 0.6) is 5.88 Å². The maximum Gasteiger partial charge on any atom is 0.237 e. The van der Waals surface area contributed by atoms with Gasteiger partial charge in [0.25, 0.3) is 0 Å². The molecule has 3 nitrogen and oxygen atoms in total. The van der Waals surface area contributed by atoms with Crippen LogP contribution in [-0.2, 0) is 0 Å². The molecule has 2 aromatic rings. The smallest absolute Gasteiger partial charge is 0.237 e. The molecule has 18 heavy (non-hydrogen) atoms. The van der Waals surface area contributed by atoms with Crippen LogP contribution in [0.3, 0.4) is 0 Å². The van der Waals surface area contributed by atoms with Crippen LogP contribution in [0.25, 0.3) is 0 Å². The van der Waals surface area contributed by atoms with E-state index in [0.717, 1.165) is 17.8 Å². The van der Waals surface area contributed by atoms with Gasteiger partial charge in [0.1, 0.15) is 16.7 Å². The molecule has 0 bridgehead atoms. The van der Waals surface area contributed by atoms with Crippen molar-refractivity contribution in [2.24, 2.45) is 0 Å². The highest BCUT2D eigenvalue weighted by atomic mass is 32.2. The third-order valence-electron chi connectivity index (χ3n) is 2.17. The minimum absolute atomic E-state index is 0.280. The highest BCUT2D eigenvalue weighted by molar-refractivity contribution is 7.99. The van der Waals surface area contributed by atoms with E-state index in [9.17, 15) is 8.78 Å². The summed E-state index contributed by atoms with van der Waals surface area (Å²) >= 11 is 1.07. The highest BCUT2D eigenvalue weighted by Gasteiger charge is 2.09. The first-order chi connectivity index (χ1) is 8.60. The molecular weight excluding hydrogens is 258 g/mol. The second-order valence-corrected chi connectivity index (χ2v) is 4.49. The average molecular weight is 268 g/mol. The monoisotopic (exact) mass is 268 g/mol. The van der Waals surface area contributed by atoms with Gasteiger partial charge in [-0.15, -0.1) is 0 Å². The molecule has 0 aliphatic carbocycles. The van der Waals surface area contributed by atoms with Crippen molar-refractivity contribution < 1.29 is 13.5 Å². The van der Waals surface area contributed by atoms with Gasteiger partial charge in [-0.05, 0) is 24.3 Å². The van der Waals surface area contributed by atoms with Gasteiger partial charge in [-0.3, -0.25) is 0 Å². The molecule has 0 aliphatic rings. The van der Waals surface area contributed by atoms with E-state index in [1.54, 1.807) is 12.1 Å². The van der Waals surface area contributed by atoms with Gasteiger partial charge in [-0.2, -0.15) is 0 Å². The Morgan fingerprint density at radius 1 is 1.22 bits per heavy atom. The number of halogens is 2. The van der Waals surface area contributed by atoms with E-state index in [2.05, 4.69) is 4.98 Å². The quantitative estimate of drug-likeness (QED) is 0.929. The van der Waals surface area contributed by atoms with E-state index in [1.807, 2.05) is 0 Å². The fraction of sp³-hybridized carbons (Fsp3) is 0.0833. The Labute approximate surface area is 107 Å². The van der Waals surface area contributed by atoms with Crippen molar-refractivity contribution in [2.45, 2.75) is 9.92 Å². The second kappa shape index (κ2) is 5.22. The van der Waals surface area contributed by atoms with Crippen LogP contribution in [0, 0.1) is 11.6 Å². The van der Waals surface area contributed by atoms with E-state index in [-0.39, 0.29) is 10.8 Å². The van der Waals surface area contributed by atoms with Crippen molar-refractivity contribution in [3.05, 3.63) is 42.0 Å². The summed E-state index contributed by atoms with van der Waals surface area (Å²) in [5.74, 6) is -0.959. The van der Waals surface area contributed by atoms with Crippen LogP contribution < -0.4 is 10.5 Å². The Balaban J connectivity index is 2.28. The van der Waals surface area contributed by atoms with Gasteiger partial charge in [0, 0.05) is 11.0 Å². The number of nitrogens with two attached hydrogens (primary N) is 1. The van der Waals surface area contributed by atoms with Crippen LogP contribution in [0.1, 0.15) is 0 Å². The minimum Gasteiger partial charge on any atom is -0.480 e. The largest absolute Gasteiger partial charge is 0.480 e. The zero-order valence-electron chi connectivity index (χ0n) is 9.48. The number of ether oxygens (including phenoxy) is 1. The molecule has 1 aromatic carbocycles. The average Bonchev–Trinajstić information content (AvgIpc) is 2.35. The zero-order chi connectivity index (χ0) is 13.1. The van der Waals surface area contributed by atoms with Gasteiger partial charge < -0.3 is 10.5 Å². The molecule has 0 fully saturated rings. The first-order valence-corrected chi connectivity index (χ1v) is 5.85. The molecule has 0 unspecified atom stereocenters. The Hall–Kier alpha value is -1.82. The molecule has 6 heteroatoms. The number of pyridine rings is 1. The van der Waals surface area contributed by atoms with Crippen molar-refractivity contribution in [3.63, 3.8) is 0 Å². The van der Waals surface area contributed by atoms with E-state index >= 15 is 0 Å². The van der Waals surface area contributed by atoms with Gasteiger partial charge in [0.2, 0.25) is 5.88 Å². The third-order valence-corrected chi connectivity index (χ3v) is 3.15. The fourth-order valence-corrected chi connectivity index (χ4v) is 2.11. The Kier molecular flexibility index (Phi) is 3.66. The summed E-state index contributed by atoms with van der Waals surface area (Å²) in [7, 11) is 1.45. The summed E-state index contributed by atoms with van der Waals surface area (Å²) in [5, 5.41) is 0.520. The third kappa shape index (κ3) is 2.70. The van der Waals surface area contributed by atoms with Crippen molar-refractivity contribution in [3.8, 4) is 5.88 Å². The minimum atomic E-state index is -0.627. The summed E-state index contributed by atoms with van der Waals surface area (Å²) in [4.78, 5) is 4.39. The lowest BCUT2D eigenvalue weighted by Gasteiger charge is -2.06. The van der Waals surface area contributed by atoms with E-state index in [4.69, 9.17) is 10.5 Å². The maximum atomic E-state index is 13.5. The SMILES string of the molecule is COc1nc(Sc2ccc(F)cc2F)ccc1N. The number of aromatic nitrogens is 1. The van der Waals surface area contributed by atoms with Crippen LogP contribution in [0.2, 0.25) is 0 Å². The zero-order valence-corrected chi connectivity index (χ0v) is 10.3. The highest BCUT2D eigenvalue weighted by Crippen LogP contribution is 2.31. The summed E-state index contributed by atoms with van der Waals surface area (Å²) in [6, 6.07) is 6.65. The van der Waals surface area contributed by atoms with Gasteiger partial charge in [0.15, 0.2) is 0 Å². The van der Waals surface area contributed by atoms with Gasteiger partial charge in [-0.25, -0.2) is 13.8 Å². The summed E-state index contributed by atoms with van der Waals surface area (Å²) in [6.45, 7) is 0. The first-order valence-electron chi connectivity index (χ1n) is 5.03. The number of nitrogens with zero attached hydrogens (tertiary/aromatic N) is 1. The number of hydrogen-bond acceptors (Lipinski definition) is 4. The Morgan fingerprint density at radius 2 is 2.00 bits per heavy atom. The van der Waals surface area contributed by atoms with E-state index in [1.165, 1.54) is 19.2 Å². The Morgan fingerprint density at radius 3 is 2.67 bits per heavy atom. The summed E-state index contributed by atoms with van der Waals surface area (Å²) < 4.78 is 31.2. The number of anilines is 1.